The zero-order valence-corrected chi connectivity index (χ0v) is 25.9. The van der Waals surface area contributed by atoms with Crippen molar-refractivity contribution in [2.24, 2.45) is 5.92 Å². The predicted molar refractivity (Wildman–Crippen MR) is 167 cm³/mol. The summed E-state index contributed by atoms with van der Waals surface area (Å²) in [4.78, 5) is 74.1. The van der Waals surface area contributed by atoms with Crippen LogP contribution in [-0.2, 0) is 20.6 Å². The van der Waals surface area contributed by atoms with Gasteiger partial charge in [0, 0.05) is 36.5 Å². The SMILES string of the molecule is CNC(=O)C(Cc1ccccc1)NC(=O)[C@H](CC(C)C)N[C@H](CCCN1C(=O)c2cccc3cccc(c23)C1=O)P(=O)(O)O. The van der Waals surface area contributed by atoms with Crippen molar-refractivity contribution >= 4 is 42.0 Å². The number of imide groups is 1. The number of likely N-dealkylation sites (N-methyl/N-ethyl adjacent to an activating group) is 1. The minimum absolute atomic E-state index is 0.0189. The second kappa shape index (κ2) is 14.3. The Kier molecular flexibility index (Phi) is 10.7. The van der Waals surface area contributed by atoms with E-state index in [-0.39, 0.29) is 38.1 Å². The van der Waals surface area contributed by atoms with E-state index in [1.807, 2.05) is 56.3 Å². The number of hydrogen-bond acceptors (Lipinski definition) is 6. The lowest BCUT2D eigenvalue weighted by Crippen LogP contribution is -2.55. The maximum absolute atomic E-state index is 13.5. The third-order valence-electron chi connectivity index (χ3n) is 7.70. The molecule has 3 atom stereocenters. The summed E-state index contributed by atoms with van der Waals surface area (Å²) < 4.78 is 12.6. The summed E-state index contributed by atoms with van der Waals surface area (Å²) in [6.45, 7) is 3.69. The lowest BCUT2D eigenvalue weighted by molar-refractivity contribution is -0.130. The van der Waals surface area contributed by atoms with Crippen LogP contribution in [0, 0.1) is 5.92 Å². The van der Waals surface area contributed by atoms with Gasteiger partial charge in [0.1, 0.15) is 11.8 Å². The molecule has 3 aromatic carbocycles. The summed E-state index contributed by atoms with van der Waals surface area (Å²) in [5.74, 6) is -3.32. The highest BCUT2D eigenvalue weighted by atomic mass is 31.2. The van der Waals surface area contributed by atoms with Gasteiger partial charge in [-0.1, -0.05) is 68.4 Å². The molecule has 1 unspecified atom stereocenters. The molecule has 0 aliphatic carbocycles. The molecule has 0 fully saturated rings. The number of amides is 4. The van der Waals surface area contributed by atoms with Crippen LogP contribution in [-0.4, -0.2) is 69.8 Å². The topological polar surface area (TPSA) is 165 Å². The molecule has 4 rings (SSSR count). The van der Waals surface area contributed by atoms with E-state index in [1.54, 1.807) is 24.3 Å². The third-order valence-corrected chi connectivity index (χ3v) is 8.92. The van der Waals surface area contributed by atoms with Crippen molar-refractivity contribution in [1.29, 1.82) is 0 Å². The van der Waals surface area contributed by atoms with Crippen molar-refractivity contribution in [2.75, 3.05) is 13.6 Å². The monoisotopic (exact) mass is 622 g/mol. The van der Waals surface area contributed by atoms with Gasteiger partial charge >= 0.3 is 7.60 Å². The molecule has 5 N–H and O–H groups in total. The molecule has 0 bridgehead atoms. The van der Waals surface area contributed by atoms with Crippen molar-refractivity contribution in [2.45, 2.75) is 57.4 Å². The van der Waals surface area contributed by atoms with Crippen LogP contribution in [0.5, 0.6) is 0 Å². The number of nitrogens with one attached hydrogen (secondary N) is 3. The Hall–Kier alpha value is -3.89. The normalized spacial score (nSPS) is 15.3. The number of hydrogen-bond donors (Lipinski definition) is 5. The van der Waals surface area contributed by atoms with E-state index in [4.69, 9.17) is 0 Å². The molecule has 11 nitrogen and oxygen atoms in total. The zero-order chi connectivity index (χ0) is 32.0. The Labute approximate surface area is 256 Å². The van der Waals surface area contributed by atoms with E-state index >= 15 is 0 Å². The Morgan fingerprint density at radius 3 is 2.02 bits per heavy atom. The molecule has 1 aliphatic rings. The van der Waals surface area contributed by atoms with E-state index < -0.39 is 49.1 Å². The molecule has 1 aliphatic heterocycles. The molecule has 0 spiro atoms. The van der Waals surface area contributed by atoms with Gasteiger partial charge in [-0.2, -0.15) is 0 Å². The molecule has 0 saturated carbocycles. The van der Waals surface area contributed by atoms with Gasteiger partial charge in [-0.15, -0.1) is 0 Å². The number of carbonyl (C=O) groups excluding carboxylic acids is 4. The van der Waals surface area contributed by atoms with E-state index in [0.717, 1.165) is 15.8 Å². The average Bonchev–Trinajstić information content (AvgIpc) is 2.99. The summed E-state index contributed by atoms with van der Waals surface area (Å²) in [7, 11) is -3.31. The number of carbonyl (C=O) groups is 4. The third kappa shape index (κ3) is 7.78. The predicted octanol–water partition coefficient (Wildman–Crippen LogP) is 3.20. The van der Waals surface area contributed by atoms with Crippen LogP contribution in [0.3, 0.4) is 0 Å². The maximum atomic E-state index is 13.5. The maximum Gasteiger partial charge on any atom is 0.342 e. The smallest absolute Gasteiger partial charge is 0.342 e. The number of benzene rings is 3. The second-order valence-corrected chi connectivity index (χ2v) is 13.2. The molecule has 0 radical (unpaired) electrons. The lowest BCUT2D eigenvalue weighted by Gasteiger charge is -2.30. The number of rotatable bonds is 14. The van der Waals surface area contributed by atoms with Gasteiger partial charge in [0.2, 0.25) is 11.8 Å². The molecule has 44 heavy (non-hydrogen) atoms. The van der Waals surface area contributed by atoms with Crippen molar-refractivity contribution < 1.29 is 33.5 Å². The second-order valence-electron chi connectivity index (χ2n) is 11.4. The number of nitrogens with zero attached hydrogens (tertiary/aromatic N) is 1. The first-order valence-electron chi connectivity index (χ1n) is 14.7. The van der Waals surface area contributed by atoms with Crippen molar-refractivity contribution in [1.82, 2.24) is 20.9 Å². The van der Waals surface area contributed by atoms with Gasteiger partial charge in [-0.05, 0) is 48.3 Å². The molecule has 4 amide bonds. The Balaban J connectivity index is 1.46. The van der Waals surface area contributed by atoms with Crippen LogP contribution < -0.4 is 16.0 Å². The van der Waals surface area contributed by atoms with Gasteiger partial charge in [-0.25, -0.2) is 0 Å². The van der Waals surface area contributed by atoms with E-state index in [2.05, 4.69) is 16.0 Å². The lowest BCUT2D eigenvalue weighted by atomic mass is 9.94. The van der Waals surface area contributed by atoms with E-state index in [0.29, 0.717) is 16.5 Å². The van der Waals surface area contributed by atoms with Crippen LogP contribution in [0.15, 0.2) is 66.7 Å². The van der Waals surface area contributed by atoms with Crippen LogP contribution in [0.4, 0.5) is 0 Å². The van der Waals surface area contributed by atoms with Crippen LogP contribution in [0.2, 0.25) is 0 Å². The fourth-order valence-corrected chi connectivity index (χ4v) is 6.43. The largest absolute Gasteiger partial charge is 0.357 e. The highest BCUT2D eigenvalue weighted by Crippen LogP contribution is 2.42. The fraction of sp³-hybridized carbons (Fsp3) is 0.375. The first kappa shape index (κ1) is 33.0. The summed E-state index contributed by atoms with van der Waals surface area (Å²) in [6, 6.07) is 17.7. The van der Waals surface area contributed by atoms with Crippen molar-refractivity contribution in [3.05, 3.63) is 83.4 Å². The average molecular weight is 623 g/mol. The summed E-state index contributed by atoms with van der Waals surface area (Å²) in [6.07, 6.45) is 0.455. The zero-order valence-electron chi connectivity index (χ0n) is 25.0. The van der Waals surface area contributed by atoms with E-state index in [9.17, 15) is 33.5 Å². The molecular weight excluding hydrogens is 583 g/mol. The standard InChI is InChI=1S/C32H39N4O7P/c1-20(2)18-25(30(38)35-26(29(37)33-3)19-21-10-5-4-6-11-21)34-27(44(41,42)43)16-9-17-36-31(39)23-14-7-12-22-13-8-15-24(28(22)23)32(36)40/h4-8,10-15,20,25-27,34H,9,16-19H2,1-3H3,(H,33,37)(H,35,38)(H2,41,42,43)/t25-,26?,27-/m0/s1. The minimum Gasteiger partial charge on any atom is -0.357 e. The fourth-order valence-electron chi connectivity index (χ4n) is 5.53. The molecule has 0 saturated heterocycles. The Bertz CT molecular complexity index is 1520. The van der Waals surface area contributed by atoms with Crippen LogP contribution >= 0.6 is 7.60 Å². The first-order chi connectivity index (χ1) is 20.9. The molecule has 3 aromatic rings. The molecular formula is C32H39N4O7P. The molecule has 1 heterocycles. The molecule has 234 valence electrons. The van der Waals surface area contributed by atoms with Crippen molar-refractivity contribution in [3.63, 3.8) is 0 Å². The molecule has 0 aromatic heterocycles. The first-order valence-corrected chi connectivity index (χ1v) is 16.3. The van der Waals surface area contributed by atoms with Gasteiger partial charge in [-0.3, -0.25) is 34.0 Å². The van der Waals surface area contributed by atoms with Crippen LogP contribution in [0.1, 0.15) is 59.4 Å². The van der Waals surface area contributed by atoms with Gasteiger partial charge in [0.05, 0.1) is 6.04 Å². The molecule has 12 heteroatoms. The summed E-state index contributed by atoms with van der Waals surface area (Å²) in [5.41, 5.74) is 1.64. The van der Waals surface area contributed by atoms with Gasteiger partial charge < -0.3 is 20.4 Å². The summed E-state index contributed by atoms with van der Waals surface area (Å²) in [5, 5.41) is 9.54. The summed E-state index contributed by atoms with van der Waals surface area (Å²) >= 11 is 0. The minimum atomic E-state index is -4.77. The quantitative estimate of drug-likeness (QED) is 0.135. The highest BCUT2D eigenvalue weighted by molar-refractivity contribution is 7.52. The van der Waals surface area contributed by atoms with Gasteiger partial charge in [0.15, 0.2) is 0 Å². The Morgan fingerprint density at radius 1 is 0.864 bits per heavy atom. The van der Waals surface area contributed by atoms with Crippen LogP contribution in [0.25, 0.3) is 10.8 Å². The highest BCUT2D eigenvalue weighted by Gasteiger charge is 2.36. The Morgan fingerprint density at radius 2 is 1.48 bits per heavy atom. The van der Waals surface area contributed by atoms with Gasteiger partial charge in [0.25, 0.3) is 11.8 Å². The van der Waals surface area contributed by atoms with E-state index in [1.165, 1.54) is 7.05 Å². The van der Waals surface area contributed by atoms with Crippen molar-refractivity contribution in [3.8, 4) is 0 Å².